The molecule has 1 aromatic rings. The molecule has 1 aromatic carbocycles. The summed E-state index contributed by atoms with van der Waals surface area (Å²) in [6, 6.07) is 6.32. The first-order valence-electron chi connectivity index (χ1n) is 4.96. The van der Waals surface area contributed by atoms with E-state index in [1.54, 1.807) is 0 Å². The third-order valence-electron chi connectivity index (χ3n) is 2.49. The van der Waals surface area contributed by atoms with Crippen LogP contribution >= 0.6 is 22.6 Å². The van der Waals surface area contributed by atoms with Crippen LogP contribution in [0, 0.1) is 0 Å². The van der Waals surface area contributed by atoms with Gasteiger partial charge in [0.15, 0.2) is 0 Å². The van der Waals surface area contributed by atoms with E-state index in [0.29, 0.717) is 4.61 Å². The highest BCUT2D eigenvalue weighted by Crippen LogP contribution is 2.26. The summed E-state index contributed by atoms with van der Waals surface area (Å²) < 4.78 is 6.18. The minimum absolute atomic E-state index is 0.712. The number of fused-ring (bicyclic) bond motifs is 1. The van der Waals surface area contributed by atoms with Crippen molar-refractivity contribution < 1.29 is 4.74 Å². The molecule has 0 bridgehead atoms. The summed E-state index contributed by atoms with van der Waals surface area (Å²) in [5.41, 5.74) is 2.67. The zero-order valence-electron chi connectivity index (χ0n) is 8.05. The lowest BCUT2D eigenvalue weighted by Crippen LogP contribution is -1.99. The summed E-state index contributed by atoms with van der Waals surface area (Å²) in [7, 11) is 0. The fraction of sp³-hybridized carbons (Fsp3) is 0.455. The van der Waals surface area contributed by atoms with Crippen LogP contribution in [0.15, 0.2) is 18.2 Å². The first-order chi connectivity index (χ1) is 6.90. The molecule has 0 amide bonds. The molecule has 2 rings (SSSR count). The van der Waals surface area contributed by atoms with Crippen LogP contribution < -0.4 is 10.1 Å². The molecule has 1 heterocycles. The van der Waals surface area contributed by atoms with Crippen LogP contribution in [0.1, 0.15) is 18.4 Å². The molecule has 0 aliphatic carbocycles. The fourth-order valence-electron chi connectivity index (χ4n) is 1.77. The second kappa shape index (κ2) is 4.87. The summed E-state index contributed by atoms with van der Waals surface area (Å²) >= 11 is 2.22. The number of benzene rings is 1. The van der Waals surface area contributed by atoms with E-state index >= 15 is 0 Å². The fourth-order valence-corrected chi connectivity index (χ4v) is 2.13. The van der Waals surface area contributed by atoms with E-state index in [-0.39, 0.29) is 0 Å². The molecule has 76 valence electrons. The molecule has 1 aliphatic heterocycles. The summed E-state index contributed by atoms with van der Waals surface area (Å²) in [5, 5.41) is 3.44. The molecule has 0 unspecified atom stereocenters. The van der Waals surface area contributed by atoms with Crippen molar-refractivity contribution in [3.63, 3.8) is 0 Å². The number of alkyl halides is 1. The molecule has 0 saturated carbocycles. The third-order valence-corrected chi connectivity index (χ3v) is 2.80. The Hall–Kier alpha value is -0.450. The second-order valence-corrected chi connectivity index (χ2v) is 4.08. The van der Waals surface area contributed by atoms with Gasteiger partial charge in [-0.05, 0) is 65.6 Å². The number of halogens is 1. The van der Waals surface area contributed by atoms with E-state index in [2.05, 4.69) is 40.0 Å². The Morgan fingerprint density at radius 3 is 3.14 bits per heavy atom. The Bertz CT molecular complexity index is 314. The van der Waals surface area contributed by atoms with Gasteiger partial charge in [-0.15, -0.1) is 0 Å². The van der Waals surface area contributed by atoms with Crippen molar-refractivity contribution in [1.29, 1.82) is 0 Å². The number of ether oxygens (including phenoxy) is 1. The van der Waals surface area contributed by atoms with E-state index in [1.165, 1.54) is 30.5 Å². The smallest absolute Gasteiger partial charge is 0.139 e. The van der Waals surface area contributed by atoms with Crippen LogP contribution in [0.5, 0.6) is 5.75 Å². The Kier molecular flexibility index (Phi) is 3.50. The van der Waals surface area contributed by atoms with Crippen molar-refractivity contribution in [3.05, 3.63) is 23.8 Å². The zero-order chi connectivity index (χ0) is 9.80. The number of anilines is 1. The first kappa shape index (κ1) is 10.1. The molecule has 14 heavy (non-hydrogen) atoms. The van der Waals surface area contributed by atoms with Gasteiger partial charge in [0, 0.05) is 12.2 Å². The van der Waals surface area contributed by atoms with Crippen molar-refractivity contribution in [2.24, 2.45) is 0 Å². The van der Waals surface area contributed by atoms with Gasteiger partial charge in [-0.25, -0.2) is 0 Å². The molecule has 0 fully saturated rings. The zero-order valence-corrected chi connectivity index (χ0v) is 10.2. The molecule has 2 nitrogen and oxygen atoms in total. The maximum absolute atomic E-state index is 5.47. The predicted octanol–water partition coefficient (Wildman–Crippen LogP) is 3.21. The van der Waals surface area contributed by atoms with Gasteiger partial charge in [-0.1, -0.05) is 0 Å². The lowest BCUT2D eigenvalue weighted by molar-refractivity contribution is 0.404. The Balaban J connectivity index is 2.23. The van der Waals surface area contributed by atoms with E-state index in [1.807, 2.05) is 6.07 Å². The monoisotopic (exact) mass is 303 g/mol. The van der Waals surface area contributed by atoms with Gasteiger partial charge in [-0.2, -0.15) is 0 Å². The Morgan fingerprint density at radius 2 is 2.29 bits per heavy atom. The van der Waals surface area contributed by atoms with E-state index in [9.17, 15) is 0 Å². The molecule has 1 N–H and O–H groups in total. The quantitative estimate of drug-likeness (QED) is 0.669. The molecular weight excluding hydrogens is 289 g/mol. The molecule has 0 radical (unpaired) electrons. The molecular formula is C11H14INO. The maximum Gasteiger partial charge on any atom is 0.139 e. The summed E-state index contributed by atoms with van der Waals surface area (Å²) in [6.45, 7) is 1.10. The minimum Gasteiger partial charge on any atom is -0.483 e. The Morgan fingerprint density at radius 1 is 1.36 bits per heavy atom. The van der Waals surface area contributed by atoms with Gasteiger partial charge < -0.3 is 10.1 Å². The number of hydrogen-bond acceptors (Lipinski definition) is 2. The lowest BCUT2D eigenvalue weighted by atomic mass is 10.1. The van der Waals surface area contributed by atoms with E-state index < -0.39 is 0 Å². The van der Waals surface area contributed by atoms with Gasteiger partial charge in [0.1, 0.15) is 10.4 Å². The van der Waals surface area contributed by atoms with E-state index in [4.69, 9.17) is 4.74 Å². The Labute approximate surface area is 98.2 Å². The molecule has 0 spiro atoms. The highest BCUT2D eigenvalue weighted by molar-refractivity contribution is 14.1. The van der Waals surface area contributed by atoms with Crippen LogP contribution in [0.2, 0.25) is 0 Å². The normalized spacial score (nSPS) is 15.2. The number of nitrogens with one attached hydrogen (secondary N) is 1. The lowest BCUT2D eigenvalue weighted by Gasteiger charge is -2.09. The number of aryl methyl sites for hydroxylation is 1. The molecule has 1 aliphatic rings. The maximum atomic E-state index is 5.47. The molecule has 0 saturated heterocycles. The second-order valence-electron chi connectivity index (χ2n) is 3.46. The molecule has 3 heteroatoms. The largest absolute Gasteiger partial charge is 0.483 e. The van der Waals surface area contributed by atoms with Gasteiger partial charge in [-0.3, -0.25) is 0 Å². The molecule has 0 atom stereocenters. The van der Waals surface area contributed by atoms with Crippen LogP contribution in [-0.4, -0.2) is 11.2 Å². The van der Waals surface area contributed by atoms with Crippen molar-refractivity contribution in [2.45, 2.75) is 19.3 Å². The average Bonchev–Trinajstić information content (AvgIpc) is 2.42. The van der Waals surface area contributed by atoms with Crippen LogP contribution in [0.3, 0.4) is 0 Å². The van der Waals surface area contributed by atoms with Crippen LogP contribution in [0.4, 0.5) is 5.69 Å². The van der Waals surface area contributed by atoms with Gasteiger partial charge in [0.25, 0.3) is 0 Å². The van der Waals surface area contributed by atoms with Gasteiger partial charge >= 0.3 is 0 Å². The van der Waals surface area contributed by atoms with Crippen molar-refractivity contribution in [1.82, 2.24) is 0 Å². The summed E-state index contributed by atoms with van der Waals surface area (Å²) in [5.74, 6) is 0.988. The highest BCUT2D eigenvalue weighted by Gasteiger charge is 2.07. The number of rotatable bonds is 2. The average molecular weight is 303 g/mol. The summed E-state index contributed by atoms with van der Waals surface area (Å²) in [4.78, 5) is 0. The predicted molar refractivity (Wildman–Crippen MR) is 67.4 cm³/mol. The van der Waals surface area contributed by atoms with Crippen molar-refractivity contribution in [2.75, 3.05) is 16.5 Å². The highest BCUT2D eigenvalue weighted by atomic mass is 127. The van der Waals surface area contributed by atoms with Crippen LogP contribution in [0.25, 0.3) is 0 Å². The van der Waals surface area contributed by atoms with Crippen molar-refractivity contribution >= 4 is 28.3 Å². The van der Waals surface area contributed by atoms with Crippen molar-refractivity contribution in [3.8, 4) is 5.75 Å². The minimum atomic E-state index is 0.712. The summed E-state index contributed by atoms with van der Waals surface area (Å²) in [6.07, 6.45) is 3.70. The van der Waals surface area contributed by atoms with Crippen LogP contribution in [-0.2, 0) is 6.42 Å². The first-order valence-corrected chi connectivity index (χ1v) is 6.48. The van der Waals surface area contributed by atoms with Gasteiger partial charge in [0.2, 0.25) is 0 Å². The van der Waals surface area contributed by atoms with E-state index in [0.717, 1.165) is 12.3 Å². The topological polar surface area (TPSA) is 21.3 Å². The molecule has 0 aromatic heterocycles. The van der Waals surface area contributed by atoms with Gasteiger partial charge in [0.05, 0.1) is 0 Å². The third kappa shape index (κ3) is 2.32. The SMILES string of the molecule is ICOc1ccc2c(c1)CCCCN2. The number of hydrogen-bond donors (Lipinski definition) is 1. The standard InChI is InChI=1S/C11H14INO/c12-8-14-10-4-5-11-9(7-10)3-1-2-6-13-11/h4-5,7,13H,1-3,6,8H2.